The Balaban J connectivity index is 2.32. The SMILES string of the molecule is CCc1ccc(S(=O)(=O)Nc2cc(OC)ccc2O)s1. The van der Waals surface area contributed by atoms with Crippen LogP contribution in [0.1, 0.15) is 11.8 Å². The maximum atomic E-state index is 12.2. The molecule has 0 fully saturated rings. The first-order chi connectivity index (χ1) is 9.46. The number of methoxy groups -OCH3 is 1. The van der Waals surface area contributed by atoms with Gasteiger partial charge in [0, 0.05) is 10.9 Å². The minimum Gasteiger partial charge on any atom is -0.506 e. The van der Waals surface area contributed by atoms with E-state index in [-0.39, 0.29) is 15.6 Å². The first kappa shape index (κ1) is 14.7. The molecule has 108 valence electrons. The Morgan fingerprint density at radius 1 is 1.30 bits per heavy atom. The van der Waals surface area contributed by atoms with Crippen molar-refractivity contribution in [3.8, 4) is 11.5 Å². The minimum absolute atomic E-state index is 0.0933. The van der Waals surface area contributed by atoms with E-state index in [9.17, 15) is 13.5 Å². The molecular weight excluding hydrogens is 298 g/mol. The standard InChI is InChI=1S/C13H15NO4S2/c1-3-10-5-7-13(19-10)20(16,17)14-11-8-9(18-2)4-6-12(11)15/h4-8,14-15H,3H2,1-2H3. The summed E-state index contributed by atoms with van der Waals surface area (Å²) in [6, 6.07) is 7.70. The van der Waals surface area contributed by atoms with E-state index in [0.29, 0.717) is 5.75 Å². The quantitative estimate of drug-likeness (QED) is 0.832. The van der Waals surface area contributed by atoms with Gasteiger partial charge in [0.05, 0.1) is 12.8 Å². The van der Waals surface area contributed by atoms with Gasteiger partial charge in [-0.05, 0) is 30.7 Å². The molecule has 7 heteroatoms. The van der Waals surface area contributed by atoms with Crippen LogP contribution in [-0.2, 0) is 16.4 Å². The third-order valence-corrected chi connectivity index (χ3v) is 5.79. The number of rotatable bonds is 5. The summed E-state index contributed by atoms with van der Waals surface area (Å²) in [6.45, 7) is 1.96. The summed E-state index contributed by atoms with van der Waals surface area (Å²) in [5.41, 5.74) is 0.0933. The van der Waals surface area contributed by atoms with Gasteiger partial charge in [-0.1, -0.05) is 6.92 Å². The average Bonchev–Trinajstić information content (AvgIpc) is 2.91. The zero-order valence-corrected chi connectivity index (χ0v) is 12.7. The molecule has 2 N–H and O–H groups in total. The van der Waals surface area contributed by atoms with Crippen molar-refractivity contribution in [3.63, 3.8) is 0 Å². The number of phenolic OH excluding ortho intramolecular Hbond substituents is 1. The van der Waals surface area contributed by atoms with E-state index in [2.05, 4.69) is 4.72 Å². The van der Waals surface area contributed by atoms with Gasteiger partial charge in [0.2, 0.25) is 0 Å². The molecule has 0 aliphatic heterocycles. The number of hydrogen-bond donors (Lipinski definition) is 2. The highest BCUT2D eigenvalue weighted by molar-refractivity contribution is 7.94. The van der Waals surface area contributed by atoms with Crippen molar-refractivity contribution in [2.24, 2.45) is 0 Å². The molecule has 0 amide bonds. The first-order valence-corrected chi connectivity index (χ1v) is 8.24. The zero-order valence-electron chi connectivity index (χ0n) is 11.1. The van der Waals surface area contributed by atoms with E-state index in [1.54, 1.807) is 18.2 Å². The van der Waals surface area contributed by atoms with Gasteiger partial charge >= 0.3 is 0 Å². The first-order valence-electron chi connectivity index (χ1n) is 5.95. The Labute approximate surface area is 121 Å². The predicted octanol–water partition coefficient (Wildman–Crippen LogP) is 2.83. The van der Waals surface area contributed by atoms with Crippen LogP contribution in [0.5, 0.6) is 11.5 Å². The van der Waals surface area contributed by atoms with Crippen molar-refractivity contribution in [1.82, 2.24) is 0 Å². The number of sulfonamides is 1. The van der Waals surface area contributed by atoms with E-state index in [1.807, 2.05) is 6.92 Å². The highest BCUT2D eigenvalue weighted by Gasteiger charge is 2.18. The van der Waals surface area contributed by atoms with Crippen LogP contribution in [0.15, 0.2) is 34.5 Å². The second-order valence-corrected chi connectivity index (χ2v) is 7.14. The summed E-state index contributed by atoms with van der Waals surface area (Å²) in [5, 5.41) is 9.71. The number of aryl methyl sites for hydroxylation is 1. The maximum absolute atomic E-state index is 12.2. The molecule has 1 heterocycles. The molecule has 20 heavy (non-hydrogen) atoms. The number of phenols is 1. The molecular formula is C13H15NO4S2. The van der Waals surface area contributed by atoms with Crippen LogP contribution in [0, 0.1) is 0 Å². The van der Waals surface area contributed by atoms with Crippen molar-refractivity contribution in [1.29, 1.82) is 0 Å². The largest absolute Gasteiger partial charge is 0.506 e. The van der Waals surface area contributed by atoms with E-state index in [0.717, 1.165) is 11.3 Å². The van der Waals surface area contributed by atoms with Gasteiger partial charge < -0.3 is 9.84 Å². The molecule has 0 atom stereocenters. The fraction of sp³-hybridized carbons (Fsp3) is 0.231. The van der Waals surface area contributed by atoms with Crippen LogP contribution >= 0.6 is 11.3 Å². The van der Waals surface area contributed by atoms with Crippen LogP contribution in [0.25, 0.3) is 0 Å². The monoisotopic (exact) mass is 313 g/mol. The number of nitrogens with one attached hydrogen (secondary N) is 1. The van der Waals surface area contributed by atoms with Gasteiger partial charge in [0.25, 0.3) is 10.0 Å². The second-order valence-electron chi connectivity index (χ2n) is 4.06. The summed E-state index contributed by atoms with van der Waals surface area (Å²) in [4.78, 5) is 0.986. The Morgan fingerprint density at radius 2 is 2.05 bits per heavy atom. The third-order valence-electron chi connectivity index (χ3n) is 2.70. The van der Waals surface area contributed by atoms with E-state index in [1.165, 1.54) is 30.6 Å². The Hall–Kier alpha value is -1.73. The number of ether oxygens (including phenoxy) is 1. The molecule has 0 aliphatic carbocycles. The van der Waals surface area contributed by atoms with E-state index in [4.69, 9.17) is 4.74 Å². The van der Waals surface area contributed by atoms with E-state index >= 15 is 0 Å². The zero-order chi connectivity index (χ0) is 14.8. The molecule has 0 bridgehead atoms. The lowest BCUT2D eigenvalue weighted by Gasteiger charge is -2.09. The minimum atomic E-state index is -3.70. The topological polar surface area (TPSA) is 75.6 Å². The molecule has 1 aromatic heterocycles. The average molecular weight is 313 g/mol. The molecule has 2 aromatic rings. The fourth-order valence-electron chi connectivity index (χ4n) is 1.61. The third kappa shape index (κ3) is 3.05. The molecule has 0 aliphatic rings. The second kappa shape index (κ2) is 5.72. The van der Waals surface area contributed by atoms with Gasteiger partial charge in [0.15, 0.2) is 0 Å². The lowest BCUT2D eigenvalue weighted by Crippen LogP contribution is -2.11. The Kier molecular flexibility index (Phi) is 4.20. The van der Waals surface area contributed by atoms with Gasteiger partial charge in [-0.15, -0.1) is 11.3 Å². The lowest BCUT2D eigenvalue weighted by molar-refractivity contribution is 0.413. The molecule has 0 saturated heterocycles. The van der Waals surface area contributed by atoms with Gasteiger partial charge in [-0.2, -0.15) is 0 Å². The summed E-state index contributed by atoms with van der Waals surface area (Å²) >= 11 is 1.21. The predicted molar refractivity (Wildman–Crippen MR) is 79.2 cm³/mol. The van der Waals surface area contributed by atoms with Crippen LogP contribution in [0.2, 0.25) is 0 Å². The molecule has 0 saturated carbocycles. The smallest absolute Gasteiger partial charge is 0.271 e. The van der Waals surface area contributed by atoms with Crippen molar-refractivity contribution in [3.05, 3.63) is 35.2 Å². The van der Waals surface area contributed by atoms with E-state index < -0.39 is 10.0 Å². The van der Waals surface area contributed by atoms with Crippen LogP contribution in [-0.4, -0.2) is 20.6 Å². The van der Waals surface area contributed by atoms with Crippen LogP contribution in [0.4, 0.5) is 5.69 Å². The summed E-state index contributed by atoms with van der Waals surface area (Å²) in [6.07, 6.45) is 0.782. The number of benzene rings is 1. The van der Waals surface area contributed by atoms with Gasteiger partial charge in [-0.3, -0.25) is 4.72 Å². The number of anilines is 1. The molecule has 1 aromatic carbocycles. The van der Waals surface area contributed by atoms with Crippen molar-refractivity contribution in [2.75, 3.05) is 11.8 Å². The van der Waals surface area contributed by atoms with Gasteiger partial charge in [0.1, 0.15) is 15.7 Å². The Bertz CT molecular complexity index is 707. The number of aromatic hydroxyl groups is 1. The molecule has 2 rings (SSSR count). The molecule has 0 radical (unpaired) electrons. The highest BCUT2D eigenvalue weighted by Crippen LogP contribution is 2.31. The Morgan fingerprint density at radius 3 is 2.65 bits per heavy atom. The fourth-order valence-corrected chi connectivity index (χ4v) is 3.97. The van der Waals surface area contributed by atoms with Crippen LogP contribution < -0.4 is 9.46 Å². The summed E-state index contributed by atoms with van der Waals surface area (Å²) in [7, 11) is -2.23. The molecule has 5 nitrogen and oxygen atoms in total. The highest BCUT2D eigenvalue weighted by atomic mass is 32.2. The summed E-state index contributed by atoms with van der Waals surface area (Å²) < 4.78 is 32.1. The van der Waals surface area contributed by atoms with Crippen molar-refractivity contribution in [2.45, 2.75) is 17.6 Å². The lowest BCUT2D eigenvalue weighted by atomic mass is 10.3. The van der Waals surface area contributed by atoms with Crippen molar-refractivity contribution >= 4 is 27.0 Å². The normalized spacial score (nSPS) is 11.3. The maximum Gasteiger partial charge on any atom is 0.271 e. The summed E-state index contributed by atoms with van der Waals surface area (Å²) in [5.74, 6) is 0.308. The molecule has 0 unspecified atom stereocenters. The molecule has 0 spiro atoms. The number of hydrogen-bond acceptors (Lipinski definition) is 5. The van der Waals surface area contributed by atoms with Gasteiger partial charge in [-0.25, -0.2) is 8.42 Å². The van der Waals surface area contributed by atoms with Crippen molar-refractivity contribution < 1.29 is 18.3 Å². The number of thiophene rings is 1. The van der Waals surface area contributed by atoms with Crippen LogP contribution in [0.3, 0.4) is 0 Å².